The van der Waals surface area contributed by atoms with Crippen LogP contribution in [-0.4, -0.2) is 6.54 Å². The van der Waals surface area contributed by atoms with Gasteiger partial charge in [-0.2, -0.15) is 0 Å². The third kappa shape index (κ3) is 3.26. The molecule has 2 unspecified atom stereocenters. The fraction of sp³-hybridized carbons (Fsp3) is 0.600. The number of anilines is 1. The van der Waals surface area contributed by atoms with Gasteiger partial charge < -0.3 is 5.32 Å². The molecule has 0 spiro atoms. The Morgan fingerprint density at radius 2 is 2.19 bits per heavy atom. The van der Waals surface area contributed by atoms with E-state index in [0.717, 1.165) is 18.4 Å². The lowest BCUT2D eigenvalue weighted by molar-refractivity contribution is 0.293. The van der Waals surface area contributed by atoms with Crippen molar-refractivity contribution >= 4 is 5.69 Å². The molecule has 1 aliphatic rings. The first-order chi connectivity index (χ1) is 7.74. The third-order valence-electron chi connectivity index (χ3n) is 3.66. The number of nitrogens with one attached hydrogen (secondary N) is 1. The van der Waals surface area contributed by atoms with Crippen molar-refractivity contribution in [1.82, 2.24) is 0 Å². The minimum atomic E-state index is 0.879. The maximum absolute atomic E-state index is 3.58. The molecule has 2 atom stereocenters. The van der Waals surface area contributed by atoms with E-state index in [0.29, 0.717) is 0 Å². The van der Waals surface area contributed by atoms with Gasteiger partial charge in [-0.25, -0.2) is 0 Å². The van der Waals surface area contributed by atoms with Crippen LogP contribution in [0.25, 0.3) is 0 Å². The Balaban J connectivity index is 1.82. The van der Waals surface area contributed by atoms with Crippen LogP contribution in [0.2, 0.25) is 0 Å². The minimum absolute atomic E-state index is 0.879. The summed E-state index contributed by atoms with van der Waals surface area (Å²) in [7, 11) is 0. The SMILES string of the molecule is Cc1cccc(NCC2CCCC(C)C2)c1. The zero-order valence-electron chi connectivity index (χ0n) is 10.5. The van der Waals surface area contributed by atoms with Gasteiger partial charge in [-0.1, -0.05) is 31.9 Å². The van der Waals surface area contributed by atoms with Crippen LogP contribution in [0.5, 0.6) is 0 Å². The average Bonchev–Trinajstić information content (AvgIpc) is 2.27. The van der Waals surface area contributed by atoms with E-state index >= 15 is 0 Å². The zero-order chi connectivity index (χ0) is 11.4. The monoisotopic (exact) mass is 217 g/mol. The van der Waals surface area contributed by atoms with Crippen LogP contribution in [-0.2, 0) is 0 Å². The molecule has 0 bridgehead atoms. The van der Waals surface area contributed by atoms with Crippen molar-refractivity contribution in [2.75, 3.05) is 11.9 Å². The average molecular weight is 217 g/mol. The van der Waals surface area contributed by atoms with Crippen LogP contribution in [0, 0.1) is 18.8 Å². The van der Waals surface area contributed by atoms with Gasteiger partial charge in [0, 0.05) is 12.2 Å². The second-order valence-corrected chi connectivity index (χ2v) is 5.39. The summed E-state index contributed by atoms with van der Waals surface area (Å²) in [5.74, 6) is 1.81. The minimum Gasteiger partial charge on any atom is -0.385 e. The first-order valence-corrected chi connectivity index (χ1v) is 6.54. The molecule has 0 amide bonds. The third-order valence-corrected chi connectivity index (χ3v) is 3.66. The molecule has 1 saturated carbocycles. The Bertz CT molecular complexity index is 332. The maximum atomic E-state index is 3.58. The normalized spacial score (nSPS) is 25.4. The van der Waals surface area contributed by atoms with Crippen LogP contribution in [0.3, 0.4) is 0 Å². The molecular weight excluding hydrogens is 194 g/mol. The summed E-state index contributed by atoms with van der Waals surface area (Å²) in [6.45, 7) is 5.68. The molecule has 1 nitrogen and oxygen atoms in total. The van der Waals surface area contributed by atoms with Crippen molar-refractivity contribution in [3.05, 3.63) is 29.8 Å². The quantitative estimate of drug-likeness (QED) is 0.798. The standard InChI is InChI=1S/C15H23N/c1-12-5-3-7-14(9-12)11-16-15-8-4-6-13(2)10-15/h4,6,8,10,12,14,16H,3,5,7,9,11H2,1-2H3. The van der Waals surface area contributed by atoms with Gasteiger partial charge in [0.15, 0.2) is 0 Å². The van der Waals surface area contributed by atoms with Gasteiger partial charge in [0.25, 0.3) is 0 Å². The molecule has 16 heavy (non-hydrogen) atoms. The zero-order valence-corrected chi connectivity index (χ0v) is 10.5. The highest BCUT2D eigenvalue weighted by molar-refractivity contribution is 5.45. The van der Waals surface area contributed by atoms with E-state index in [1.807, 2.05) is 0 Å². The smallest absolute Gasteiger partial charge is 0.0342 e. The highest BCUT2D eigenvalue weighted by atomic mass is 14.9. The van der Waals surface area contributed by atoms with Crippen LogP contribution < -0.4 is 5.32 Å². The van der Waals surface area contributed by atoms with E-state index in [2.05, 4.69) is 43.4 Å². The van der Waals surface area contributed by atoms with E-state index in [9.17, 15) is 0 Å². The summed E-state index contributed by atoms with van der Waals surface area (Å²) in [4.78, 5) is 0. The van der Waals surface area contributed by atoms with E-state index in [4.69, 9.17) is 0 Å². The number of rotatable bonds is 3. The molecule has 1 aromatic rings. The summed E-state index contributed by atoms with van der Waals surface area (Å²) < 4.78 is 0. The van der Waals surface area contributed by atoms with E-state index < -0.39 is 0 Å². The molecule has 1 aromatic carbocycles. The van der Waals surface area contributed by atoms with Crippen molar-refractivity contribution in [3.8, 4) is 0 Å². The topological polar surface area (TPSA) is 12.0 Å². The largest absolute Gasteiger partial charge is 0.385 e. The van der Waals surface area contributed by atoms with Crippen LogP contribution in [0.15, 0.2) is 24.3 Å². The summed E-state index contributed by atoms with van der Waals surface area (Å²) in [6, 6.07) is 8.67. The molecule has 1 aliphatic carbocycles. The predicted molar refractivity (Wildman–Crippen MR) is 70.8 cm³/mol. The highest BCUT2D eigenvalue weighted by Crippen LogP contribution is 2.28. The molecule has 0 heterocycles. The first-order valence-electron chi connectivity index (χ1n) is 6.54. The molecule has 1 heteroatoms. The Hall–Kier alpha value is -0.980. The maximum Gasteiger partial charge on any atom is 0.0342 e. The summed E-state index contributed by atoms with van der Waals surface area (Å²) >= 11 is 0. The van der Waals surface area contributed by atoms with Gasteiger partial charge in [0.1, 0.15) is 0 Å². The lowest BCUT2D eigenvalue weighted by Crippen LogP contribution is -2.20. The van der Waals surface area contributed by atoms with Gasteiger partial charge in [-0.05, 0) is 49.3 Å². The number of aryl methyl sites for hydroxylation is 1. The predicted octanol–water partition coefficient (Wildman–Crippen LogP) is 4.23. The Morgan fingerprint density at radius 3 is 2.94 bits per heavy atom. The van der Waals surface area contributed by atoms with Crippen molar-refractivity contribution in [3.63, 3.8) is 0 Å². The summed E-state index contributed by atoms with van der Waals surface area (Å²) in [6.07, 6.45) is 5.66. The highest BCUT2D eigenvalue weighted by Gasteiger charge is 2.18. The molecule has 1 N–H and O–H groups in total. The second-order valence-electron chi connectivity index (χ2n) is 5.39. The van der Waals surface area contributed by atoms with E-state index in [-0.39, 0.29) is 0 Å². The van der Waals surface area contributed by atoms with Crippen LogP contribution in [0.4, 0.5) is 5.69 Å². The lowest BCUT2D eigenvalue weighted by atomic mass is 9.82. The fourth-order valence-corrected chi connectivity index (χ4v) is 2.76. The van der Waals surface area contributed by atoms with Crippen molar-refractivity contribution in [1.29, 1.82) is 0 Å². The summed E-state index contributed by atoms with van der Waals surface area (Å²) in [5, 5.41) is 3.58. The molecule has 88 valence electrons. The fourth-order valence-electron chi connectivity index (χ4n) is 2.76. The van der Waals surface area contributed by atoms with Crippen LogP contribution >= 0.6 is 0 Å². The molecule has 0 aliphatic heterocycles. The van der Waals surface area contributed by atoms with Crippen molar-refractivity contribution < 1.29 is 0 Å². The van der Waals surface area contributed by atoms with Gasteiger partial charge in [0.2, 0.25) is 0 Å². The number of benzene rings is 1. The molecular formula is C15H23N. The summed E-state index contributed by atoms with van der Waals surface area (Å²) in [5.41, 5.74) is 2.61. The molecule has 0 saturated heterocycles. The van der Waals surface area contributed by atoms with E-state index in [1.165, 1.54) is 36.9 Å². The van der Waals surface area contributed by atoms with Crippen molar-refractivity contribution in [2.45, 2.75) is 39.5 Å². The van der Waals surface area contributed by atoms with Gasteiger partial charge >= 0.3 is 0 Å². The number of hydrogen-bond acceptors (Lipinski definition) is 1. The van der Waals surface area contributed by atoms with Crippen molar-refractivity contribution in [2.24, 2.45) is 11.8 Å². The first kappa shape index (κ1) is 11.5. The van der Waals surface area contributed by atoms with Gasteiger partial charge in [-0.3, -0.25) is 0 Å². The molecule has 1 fully saturated rings. The van der Waals surface area contributed by atoms with Gasteiger partial charge in [0.05, 0.1) is 0 Å². The Labute approximate surface area is 99.3 Å². The molecule has 0 radical (unpaired) electrons. The molecule has 2 rings (SSSR count). The Kier molecular flexibility index (Phi) is 3.87. The second kappa shape index (κ2) is 5.38. The van der Waals surface area contributed by atoms with E-state index in [1.54, 1.807) is 0 Å². The van der Waals surface area contributed by atoms with Gasteiger partial charge in [-0.15, -0.1) is 0 Å². The molecule has 0 aromatic heterocycles. The number of hydrogen-bond donors (Lipinski definition) is 1. The lowest BCUT2D eigenvalue weighted by Gasteiger charge is -2.27. The van der Waals surface area contributed by atoms with Crippen LogP contribution in [0.1, 0.15) is 38.2 Å². The Morgan fingerprint density at radius 1 is 1.31 bits per heavy atom.